The lowest BCUT2D eigenvalue weighted by atomic mass is 10.1. The monoisotopic (exact) mass is 315 g/mol. The maximum atomic E-state index is 11.7. The first-order valence-electron chi connectivity index (χ1n) is 7.32. The predicted molar refractivity (Wildman–Crippen MR) is 86.7 cm³/mol. The summed E-state index contributed by atoms with van der Waals surface area (Å²) < 4.78 is 15.6. The van der Waals surface area contributed by atoms with Gasteiger partial charge in [-0.3, -0.25) is 0 Å². The Hall–Kier alpha value is -2.37. The molecule has 0 spiro atoms. The topological polar surface area (TPSA) is 56.8 Å². The predicted octanol–water partition coefficient (Wildman–Crippen LogP) is 3.40. The first-order valence-corrected chi connectivity index (χ1v) is 7.32. The molecule has 0 bridgehead atoms. The molecule has 5 heteroatoms. The van der Waals surface area contributed by atoms with Crippen molar-refractivity contribution in [2.24, 2.45) is 0 Å². The van der Waals surface area contributed by atoms with Gasteiger partial charge in [-0.05, 0) is 17.2 Å². The molecule has 2 rings (SSSR count). The van der Waals surface area contributed by atoms with E-state index in [-0.39, 0.29) is 6.61 Å². The number of ether oxygens (including phenoxy) is 3. The lowest BCUT2D eigenvalue weighted by Crippen LogP contribution is -2.23. The molecule has 1 N–H and O–H groups in total. The first kappa shape index (κ1) is 17.0. The van der Waals surface area contributed by atoms with Crippen LogP contribution in [0.1, 0.15) is 23.0 Å². The van der Waals surface area contributed by atoms with Crippen LogP contribution in [-0.4, -0.2) is 20.3 Å². The molecule has 0 heterocycles. The molecular weight excluding hydrogens is 294 g/mol. The van der Waals surface area contributed by atoms with Gasteiger partial charge in [-0.25, -0.2) is 4.79 Å². The number of nitrogens with one attached hydrogen (secondary N) is 1. The van der Waals surface area contributed by atoms with Gasteiger partial charge in [0.1, 0.15) is 6.61 Å². The number of alkyl carbamates (subject to hydrolysis) is 1. The average molecular weight is 315 g/mol. The van der Waals surface area contributed by atoms with E-state index in [1.54, 1.807) is 14.2 Å². The maximum absolute atomic E-state index is 11.7. The van der Waals surface area contributed by atoms with Gasteiger partial charge < -0.3 is 19.5 Å². The summed E-state index contributed by atoms with van der Waals surface area (Å²) in [5.74, 6) is 0. The number of amides is 1. The van der Waals surface area contributed by atoms with Crippen LogP contribution in [-0.2, 0) is 27.4 Å². The summed E-state index contributed by atoms with van der Waals surface area (Å²) >= 11 is 0. The summed E-state index contributed by atoms with van der Waals surface area (Å²) in [5, 5.41) is 2.73. The fourth-order valence-electron chi connectivity index (χ4n) is 2.17. The summed E-state index contributed by atoms with van der Waals surface area (Å²) in [7, 11) is 3.17. The quantitative estimate of drug-likeness (QED) is 0.796. The average Bonchev–Trinajstić information content (AvgIpc) is 2.60. The minimum Gasteiger partial charge on any atom is -0.445 e. The zero-order valence-electron chi connectivity index (χ0n) is 13.3. The van der Waals surface area contributed by atoms with Crippen LogP contribution in [0.4, 0.5) is 4.79 Å². The van der Waals surface area contributed by atoms with Crippen molar-refractivity contribution >= 4 is 6.09 Å². The van der Waals surface area contributed by atoms with E-state index in [2.05, 4.69) is 5.32 Å². The van der Waals surface area contributed by atoms with Crippen molar-refractivity contribution in [2.75, 3.05) is 14.2 Å². The van der Waals surface area contributed by atoms with Crippen LogP contribution in [0.5, 0.6) is 0 Å². The lowest BCUT2D eigenvalue weighted by molar-refractivity contribution is -0.106. The van der Waals surface area contributed by atoms with Crippen molar-refractivity contribution in [2.45, 2.75) is 19.4 Å². The van der Waals surface area contributed by atoms with Crippen molar-refractivity contribution < 1.29 is 19.0 Å². The van der Waals surface area contributed by atoms with Crippen molar-refractivity contribution in [3.05, 3.63) is 71.3 Å². The molecule has 2 aromatic carbocycles. The van der Waals surface area contributed by atoms with E-state index in [4.69, 9.17) is 14.2 Å². The Labute approximate surface area is 136 Å². The molecule has 0 saturated carbocycles. The summed E-state index contributed by atoms with van der Waals surface area (Å²) in [6, 6.07) is 17.2. The Balaban J connectivity index is 1.83. The van der Waals surface area contributed by atoms with Crippen LogP contribution in [0.25, 0.3) is 0 Å². The number of rotatable bonds is 7. The maximum Gasteiger partial charge on any atom is 0.407 e. The normalized spacial score (nSPS) is 10.6. The fourth-order valence-corrected chi connectivity index (χ4v) is 2.17. The van der Waals surface area contributed by atoms with Crippen molar-refractivity contribution in [1.82, 2.24) is 5.32 Å². The van der Waals surface area contributed by atoms with Gasteiger partial charge in [0.05, 0.1) is 0 Å². The minimum absolute atomic E-state index is 0.252. The van der Waals surface area contributed by atoms with Gasteiger partial charge in [0.2, 0.25) is 0 Å². The smallest absolute Gasteiger partial charge is 0.407 e. The Morgan fingerprint density at radius 3 is 2.39 bits per heavy atom. The Morgan fingerprint density at radius 1 is 1.00 bits per heavy atom. The highest BCUT2D eigenvalue weighted by atomic mass is 16.7. The lowest BCUT2D eigenvalue weighted by Gasteiger charge is -2.14. The molecule has 0 saturated heterocycles. The summed E-state index contributed by atoms with van der Waals surface area (Å²) in [4.78, 5) is 11.7. The third kappa shape index (κ3) is 5.39. The SMILES string of the molecule is COC(OC)c1cccc(CNC(=O)OCc2ccccc2)c1. The van der Waals surface area contributed by atoms with Gasteiger partial charge in [0.25, 0.3) is 0 Å². The Morgan fingerprint density at radius 2 is 1.70 bits per heavy atom. The highest BCUT2D eigenvalue weighted by molar-refractivity contribution is 5.67. The van der Waals surface area contributed by atoms with Crippen LogP contribution in [0.15, 0.2) is 54.6 Å². The third-order valence-corrected chi connectivity index (χ3v) is 3.30. The van der Waals surface area contributed by atoms with Gasteiger partial charge in [0.15, 0.2) is 6.29 Å². The highest BCUT2D eigenvalue weighted by Crippen LogP contribution is 2.18. The molecule has 2 aromatic rings. The summed E-state index contributed by atoms with van der Waals surface area (Å²) in [6.45, 7) is 0.629. The van der Waals surface area contributed by atoms with E-state index in [9.17, 15) is 4.79 Å². The van der Waals surface area contributed by atoms with Gasteiger partial charge in [-0.15, -0.1) is 0 Å². The zero-order valence-corrected chi connectivity index (χ0v) is 13.3. The van der Waals surface area contributed by atoms with Crippen LogP contribution in [0, 0.1) is 0 Å². The first-order chi connectivity index (χ1) is 11.2. The van der Waals surface area contributed by atoms with E-state index < -0.39 is 12.4 Å². The van der Waals surface area contributed by atoms with Crippen LogP contribution in [0.2, 0.25) is 0 Å². The second-order valence-corrected chi connectivity index (χ2v) is 4.96. The molecule has 5 nitrogen and oxygen atoms in total. The molecule has 122 valence electrons. The number of hydrogen-bond acceptors (Lipinski definition) is 4. The second-order valence-electron chi connectivity index (χ2n) is 4.96. The number of carbonyl (C=O) groups is 1. The molecule has 0 aromatic heterocycles. The van der Waals surface area contributed by atoms with E-state index in [0.29, 0.717) is 6.54 Å². The van der Waals surface area contributed by atoms with E-state index in [1.165, 1.54) is 0 Å². The molecule has 0 unspecified atom stereocenters. The largest absolute Gasteiger partial charge is 0.445 e. The second kappa shape index (κ2) is 8.92. The fraction of sp³-hybridized carbons (Fsp3) is 0.278. The minimum atomic E-state index is -0.450. The van der Waals surface area contributed by atoms with E-state index in [1.807, 2.05) is 54.6 Å². The third-order valence-electron chi connectivity index (χ3n) is 3.30. The van der Waals surface area contributed by atoms with Gasteiger partial charge in [-0.2, -0.15) is 0 Å². The van der Waals surface area contributed by atoms with Crippen molar-refractivity contribution in [1.29, 1.82) is 0 Å². The van der Waals surface area contributed by atoms with Gasteiger partial charge in [-0.1, -0.05) is 48.5 Å². The molecule has 0 fully saturated rings. The van der Waals surface area contributed by atoms with Crippen molar-refractivity contribution in [3.63, 3.8) is 0 Å². The van der Waals surface area contributed by atoms with Gasteiger partial charge >= 0.3 is 6.09 Å². The molecular formula is C18H21NO4. The Bertz CT molecular complexity index is 611. The molecule has 0 atom stereocenters. The van der Waals surface area contributed by atoms with E-state index >= 15 is 0 Å². The standard InChI is InChI=1S/C18H21NO4/c1-21-17(22-2)16-10-6-9-15(11-16)12-19-18(20)23-13-14-7-4-3-5-8-14/h3-11,17H,12-13H2,1-2H3,(H,19,20). The summed E-state index contributed by atoms with van der Waals surface area (Å²) in [6.07, 6.45) is -0.866. The highest BCUT2D eigenvalue weighted by Gasteiger charge is 2.09. The molecule has 0 radical (unpaired) electrons. The number of methoxy groups -OCH3 is 2. The van der Waals surface area contributed by atoms with Crippen LogP contribution in [0.3, 0.4) is 0 Å². The molecule has 23 heavy (non-hydrogen) atoms. The molecule has 0 aliphatic rings. The number of benzene rings is 2. The van der Waals surface area contributed by atoms with Crippen LogP contribution < -0.4 is 5.32 Å². The molecule has 0 aliphatic carbocycles. The van der Waals surface area contributed by atoms with Crippen LogP contribution >= 0.6 is 0 Å². The zero-order chi connectivity index (χ0) is 16.5. The Kier molecular flexibility index (Phi) is 6.59. The summed E-state index contributed by atoms with van der Waals surface area (Å²) in [5.41, 5.74) is 2.79. The van der Waals surface area contributed by atoms with Crippen molar-refractivity contribution in [3.8, 4) is 0 Å². The number of hydrogen-bond donors (Lipinski definition) is 1. The molecule has 0 aliphatic heterocycles. The van der Waals surface area contributed by atoms with Gasteiger partial charge in [0, 0.05) is 26.3 Å². The molecule has 1 amide bonds. The van der Waals surface area contributed by atoms with E-state index in [0.717, 1.165) is 16.7 Å². The number of carbonyl (C=O) groups excluding carboxylic acids is 1.